The average molecular weight is 544 g/mol. The van der Waals surface area contributed by atoms with Crippen LogP contribution >= 0.6 is 27.7 Å². The van der Waals surface area contributed by atoms with Crippen LogP contribution in [0.2, 0.25) is 0 Å². The van der Waals surface area contributed by atoms with Crippen LogP contribution in [-0.4, -0.2) is 21.2 Å². The van der Waals surface area contributed by atoms with E-state index in [9.17, 15) is 14.7 Å². The number of aromatic hydroxyl groups is 1. The largest absolute Gasteiger partial charge is 0.507 e. The third-order valence-electron chi connectivity index (χ3n) is 5.50. The minimum Gasteiger partial charge on any atom is -0.507 e. The number of hydrogen-bond donors (Lipinski definition) is 1. The highest BCUT2D eigenvalue weighted by Gasteiger charge is 2.35. The number of phenolic OH excluding ortho intramolecular Hbond substituents is 1. The van der Waals surface area contributed by atoms with E-state index in [1.165, 1.54) is 17.0 Å². The third kappa shape index (κ3) is 4.89. The molecule has 172 valence electrons. The van der Waals surface area contributed by atoms with Crippen molar-refractivity contribution in [1.82, 2.24) is 4.90 Å². The van der Waals surface area contributed by atoms with Crippen molar-refractivity contribution in [1.29, 1.82) is 0 Å². The van der Waals surface area contributed by atoms with E-state index in [-0.39, 0.29) is 22.4 Å². The molecule has 1 fully saturated rings. The molecule has 0 bridgehead atoms. The fraction of sp³-hybridized carbons (Fsp3) is 0.0370. The summed E-state index contributed by atoms with van der Waals surface area (Å²) in [6.45, 7) is 0.161. The molecular weight excluding hydrogens is 526 g/mol. The first kappa shape index (κ1) is 23.0. The number of benzene rings is 4. The Morgan fingerprint density at radius 3 is 2.54 bits per heavy atom. The Morgan fingerprint density at radius 2 is 1.69 bits per heavy atom. The van der Waals surface area contributed by atoms with Gasteiger partial charge in [-0.05, 0) is 59.1 Å². The van der Waals surface area contributed by atoms with E-state index in [1.54, 1.807) is 12.1 Å². The highest BCUT2D eigenvalue weighted by molar-refractivity contribution is 9.10. The summed E-state index contributed by atoms with van der Waals surface area (Å²) >= 11 is 4.30. The molecule has 0 radical (unpaired) electrons. The van der Waals surface area contributed by atoms with Gasteiger partial charge in [0.2, 0.25) is 0 Å². The lowest BCUT2D eigenvalue weighted by Gasteiger charge is -2.13. The number of hydrogen-bond acceptors (Lipinski definition) is 6. The second-order valence-electron chi connectivity index (χ2n) is 7.80. The van der Waals surface area contributed by atoms with E-state index in [0.717, 1.165) is 38.3 Å². The molecule has 0 aliphatic carbocycles. The standard InChI is InChI=1S/C27H18BrN3O3S/c28-22-10-4-2-7-18(22)16-31-26(33)25(35-27(31)34)15-19-14-20(12-13-24(19)32)29-30-23-11-5-8-17-6-1-3-9-21(17)23/h1-15,32H,16H2/b25-15-,30-29?. The van der Waals surface area contributed by atoms with Crippen LogP contribution in [0.3, 0.4) is 0 Å². The van der Waals surface area contributed by atoms with Crippen molar-refractivity contribution < 1.29 is 14.7 Å². The molecule has 0 unspecified atom stereocenters. The van der Waals surface area contributed by atoms with Crippen molar-refractivity contribution in [2.75, 3.05) is 0 Å². The monoisotopic (exact) mass is 543 g/mol. The molecule has 0 aromatic heterocycles. The summed E-state index contributed by atoms with van der Waals surface area (Å²) in [5.74, 6) is -0.426. The molecule has 5 rings (SSSR count). The number of carbonyl (C=O) groups is 2. The van der Waals surface area contributed by atoms with Crippen LogP contribution in [0, 0.1) is 0 Å². The zero-order valence-electron chi connectivity index (χ0n) is 18.3. The molecule has 8 heteroatoms. The number of halogens is 1. The second-order valence-corrected chi connectivity index (χ2v) is 9.65. The number of rotatable bonds is 5. The maximum atomic E-state index is 12.9. The van der Waals surface area contributed by atoms with Gasteiger partial charge in [0, 0.05) is 15.4 Å². The molecular formula is C27H18BrN3O3S. The SMILES string of the molecule is O=C1S/C(=C\c2cc(N=Nc3cccc4ccccc34)ccc2O)C(=O)N1Cc1ccccc1Br. The van der Waals surface area contributed by atoms with E-state index in [0.29, 0.717) is 11.3 Å². The predicted molar refractivity (Wildman–Crippen MR) is 142 cm³/mol. The van der Waals surface area contributed by atoms with Crippen molar-refractivity contribution in [3.63, 3.8) is 0 Å². The van der Waals surface area contributed by atoms with Gasteiger partial charge in [-0.3, -0.25) is 14.5 Å². The Morgan fingerprint density at radius 1 is 0.914 bits per heavy atom. The van der Waals surface area contributed by atoms with Gasteiger partial charge in [0.1, 0.15) is 5.75 Å². The first-order valence-corrected chi connectivity index (χ1v) is 12.3. The Kier molecular flexibility index (Phi) is 6.48. The van der Waals surface area contributed by atoms with Crippen LogP contribution in [0.5, 0.6) is 5.75 Å². The Hall–Kier alpha value is -3.75. The number of imide groups is 1. The fourth-order valence-electron chi connectivity index (χ4n) is 3.70. The molecule has 6 nitrogen and oxygen atoms in total. The Labute approximate surface area is 214 Å². The van der Waals surface area contributed by atoms with Crippen LogP contribution in [0.1, 0.15) is 11.1 Å². The zero-order valence-corrected chi connectivity index (χ0v) is 20.7. The van der Waals surface area contributed by atoms with Gasteiger partial charge in [0.15, 0.2) is 0 Å². The summed E-state index contributed by atoms with van der Waals surface area (Å²) in [5, 5.41) is 20.8. The summed E-state index contributed by atoms with van der Waals surface area (Å²) in [7, 11) is 0. The van der Waals surface area contributed by atoms with E-state index in [1.807, 2.05) is 66.7 Å². The van der Waals surface area contributed by atoms with E-state index >= 15 is 0 Å². The number of fused-ring (bicyclic) bond motifs is 1. The van der Waals surface area contributed by atoms with Gasteiger partial charge in [-0.2, -0.15) is 5.11 Å². The van der Waals surface area contributed by atoms with Crippen LogP contribution in [0.25, 0.3) is 16.8 Å². The van der Waals surface area contributed by atoms with Crippen LogP contribution in [0.15, 0.2) is 105 Å². The van der Waals surface area contributed by atoms with E-state index in [4.69, 9.17) is 0 Å². The van der Waals surface area contributed by atoms with E-state index in [2.05, 4.69) is 26.2 Å². The van der Waals surface area contributed by atoms with Crippen LogP contribution in [-0.2, 0) is 11.3 Å². The molecule has 35 heavy (non-hydrogen) atoms. The molecule has 0 atom stereocenters. The summed E-state index contributed by atoms with van der Waals surface area (Å²) in [6, 6.07) is 25.9. The molecule has 1 saturated heterocycles. The molecule has 4 aromatic rings. The van der Waals surface area contributed by atoms with Crippen molar-refractivity contribution in [3.05, 3.63) is 105 Å². The lowest BCUT2D eigenvalue weighted by atomic mass is 10.1. The maximum Gasteiger partial charge on any atom is 0.293 e. The van der Waals surface area contributed by atoms with Crippen molar-refractivity contribution >= 4 is 67.1 Å². The lowest BCUT2D eigenvalue weighted by Crippen LogP contribution is -2.27. The van der Waals surface area contributed by atoms with Crippen molar-refractivity contribution in [2.45, 2.75) is 6.54 Å². The molecule has 0 spiro atoms. The summed E-state index contributed by atoms with van der Waals surface area (Å²) in [4.78, 5) is 26.9. The number of thioether (sulfide) groups is 1. The van der Waals surface area contributed by atoms with Crippen LogP contribution in [0.4, 0.5) is 16.2 Å². The topological polar surface area (TPSA) is 82.3 Å². The van der Waals surface area contributed by atoms with Gasteiger partial charge in [-0.1, -0.05) is 70.5 Å². The van der Waals surface area contributed by atoms with Crippen LogP contribution < -0.4 is 0 Å². The number of nitrogens with zero attached hydrogens (tertiary/aromatic N) is 3. The maximum absolute atomic E-state index is 12.9. The van der Waals surface area contributed by atoms with Gasteiger partial charge >= 0.3 is 0 Å². The highest BCUT2D eigenvalue weighted by atomic mass is 79.9. The van der Waals surface area contributed by atoms with Gasteiger partial charge in [-0.25, -0.2) is 0 Å². The number of azo groups is 1. The highest BCUT2D eigenvalue weighted by Crippen LogP contribution is 2.36. The van der Waals surface area contributed by atoms with Gasteiger partial charge in [-0.15, -0.1) is 5.11 Å². The van der Waals surface area contributed by atoms with Crippen molar-refractivity contribution in [2.24, 2.45) is 10.2 Å². The lowest BCUT2D eigenvalue weighted by molar-refractivity contribution is -0.123. The smallest absolute Gasteiger partial charge is 0.293 e. The van der Waals surface area contributed by atoms with Gasteiger partial charge < -0.3 is 5.11 Å². The van der Waals surface area contributed by atoms with Gasteiger partial charge in [0.25, 0.3) is 11.1 Å². The third-order valence-corrected chi connectivity index (χ3v) is 7.18. The van der Waals surface area contributed by atoms with E-state index < -0.39 is 5.91 Å². The Balaban J connectivity index is 1.40. The quantitative estimate of drug-likeness (QED) is 0.204. The normalized spacial score (nSPS) is 15.1. The fourth-order valence-corrected chi connectivity index (χ4v) is 4.94. The molecule has 1 aliphatic heterocycles. The summed E-state index contributed by atoms with van der Waals surface area (Å²) in [5.41, 5.74) is 2.45. The summed E-state index contributed by atoms with van der Waals surface area (Å²) < 4.78 is 0.824. The first-order chi connectivity index (χ1) is 17.0. The molecule has 1 N–H and O–H groups in total. The Bertz CT molecular complexity index is 1530. The predicted octanol–water partition coefficient (Wildman–Crippen LogP) is 7.96. The number of phenols is 1. The summed E-state index contributed by atoms with van der Waals surface area (Å²) in [6.07, 6.45) is 1.51. The molecule has 0 saturated carbocycles. The second kappa shape index (κ2) is 9.85. The first-order valence-electron chi connectivity index (χ1n) is 10.7. The number of amides is 2. The minimum absolute atomic E-state index is 0.0216. The average Bonchev–Trinajstić information content (AvgIpc) is 3.13. The van der Waals surface area contributed by atoms with Gasteiger partial charge in [0.05, 0.1) is 22.8 Å². The molecule has 4 aromatic carbocycles. The number of carbonyl (C=O) groups excluding carboxylic acids is 2. The zero-order chi connectivity index (χ0) is 24.4. The molecule has 2 amide bonds. The molecule has 1 aliphatic rings. The minimum atomic E-state index is -0.405. The molecule has 1 heterocycles. The van der Waals surface area contributed by atoms with Crippen molar-refractivity contribution in [3.8, 4) is 5.75 Å².